The zero-order valence-electron chi connectivity index (χ0n) is 16.3. The van der Waals surface area contributed by atoms with Crippen LogP contribution >= 0.6 is 15.9 Å². The quantitative estimate of drug-likeness (QED) is 0.666. The van der Waals surface area contributed by atoms with Gasteiger partial charge in [-0.3, -0.25) is 9.69 Å². The summed E-state index contributed by atoms with van der Waals surface area (Å²) in [5.74, 6) is -1.43. The van der Waals surface area contributed by atoms with Crippen molar-refractivity contribution in [3.05, 3.63) is 87.0 Å². The molecule has 2 aromatic rings. The molecular formula is C23H20BrFN2O3. The number of hydrogen-bond donors (Lipinski definition) is 1. The van der Waals surface area contributed by atoms with Crippen molar-refractivity contribution in [2.24, 2.45) is 5.73 Å². The van der Waals surface area contributed by atoms with E-state index in [0.717, 1.165) is 15.7 Å². The van der Waals surface area contributed by atoms with Gasteiger partial charge in [0.2, 0.25) is 0 Å². The Bertz CT molecular complexity index is 1070. The van der Waals surface area contributed by atoms with Crippen LogP contribution < -0.4 is 10.6 Å². The second-order valence-corrected chi connectivity index (χ2v) is 8.14. The third-order valence-electron chi connectivity index (χ3n) is 5.49. The van der Waals surface area contributed by atoms with E-state index in [0.29, 0.717) is 30.5 Å². The maximum atomic E-state index is 13.5. The molecular weight excluding hydrogens is 451 g/mol. The Hall–Kier alpha value is -2.93. The summed E-state index contributed by atoms with van der Waals surface area (Å²) in [5, 5.41) is 0. The van der Waals surface area contributed by atoms with Crippen LogP contribution in [-0.4, -0.2) is 18.9 Å². The van der Waals surface area contributed by atoms with E-state index in [2.05, 4.69) is 15.9 Å². The lowest BCUT2D eigenvalue weighted by atomic mass is 9.75. The van der Waals surface area contributed by atoms with E-state index >= 15 is 0 Å². The number of anilines is 1. The maximum Gasteiger partial charge on any atom is 0.338 e. The maximum absolute atomic E-state index is 13.5. The first-order valence-corrected chi connectivity index (χ1v) is 10.4. The van der Waals surface area contributed by atoms with Gasteiger partial charge in [-0.1, -0.05) is 28.1 Å². The second-order valence-electron chi connectivity index (χ2n) is 7.22. The molecule has 7 heteroatoms. The molecule has 5 nitrogen and oxygen atoms in total. The molecule has 0 saturated heterocycles. The molecule has 2 N–H and O–H groups in total. The van der Waals surface area contributed by atoms with Crippen molar-refractivity contribution in [1.29, 1.82) is 0 Å². The zero-order chi connectivity index (χ0) is 21.4. The molecule has 4 rings (SSSR count). The van der Waals surface area contributed by atoms with E-state index in [1.54, 1.807) is 17.0 Å². The van der Waals surface area contributed by atoms with E-state index in [4.69, 9.17) is 10.5 Å². The van der Waals surface area contributed by atoms with Gasteiger partial charge in [0.25, 0.3) is 0 Å². The van der Waals surface area contributed by atoms with Crippen molar-refractivity contribution in [3.8, 4) is 0 Å². The molecule has 0 unspecified atom stereocenters. The molecule has 1 heterocycles. The van der Waals surface area contributed by atoms with Crippen molar-refractivity contribution in [2.45, 2.75) is 25.2 Å². The normalized spacial score (nSPS) is 19.1. The zero-order valence-corrected chi connectivity index (χ0v) is 17.9. The average molecular weight is 471 g/mol. The number of hydrogen-bond acceptors (Lipinski definition) is 5. The lowest BCUT2D eigenvalue weighted by Crippen LogP contribution is -2.40. The second kappa shape index (κ2) is 8.07. The van der Waals surface area contributed by atoms with Gasteiger partial charge in [0.15, 0.2) is 5.78 Å². The predicted molar refractivity (Wildman–Crippen MR) is 115 cm³/mol. The minimum absolute atomic E-state index is 0.0230. The molecule has 0 saturated carbocycles. The van der Waals surface area contributed by atoms with Crippen LogP contribution in [0.4, 0.5) is 10.1 Å². The standard InChI is InChI=1S/C23H20BrFN2O3/c1-30-23(29)21-19(13-5-7-14(24)8-6-13)20-17(3-2-4-18(20)28)27(22(21)26)16-11-9-15(25)10-12-16/h5-12,19H,2-4,26H2,1H3/t19-/m0/s1. The van der Waals surface area contributed by atoms with Gasteiger partial charge in [0.05, 0.1) is 18.6 Å². The molecule has 2 aliphatic rings. The fourth-order valence-electron chi connectivity index (χ4n) is 4.17. The first kappa shape index (κ1) is 20.3. The smallest absolute Gasteiger partial charge is 0.338 e. The number of ether oxygens (including phenoxy) is 1. The van der Waals surface area contributed by atoms with E-state index in [1.165, 1.54) is 19.2 Å². The minimum atomic E-state index is -0.620. The number of methoxy groups -OCH3 is 1. The molecule has 154 valence electrons. The summed E-state index contributed by atoms with van der Waals surface area (Å²) in [5.41, 5.74) is 9.40. The number of halogens is 2. The summed E-state index contributed by atoms with van der Waals surface area (Å²) in [6.07, 6.45) is 1.71. The monoisotopic (exact) mass is 470 g/mol. The number of benzene rings is 2. The lowest BCUT2D eigenvalue weighted by molar-refractivity contribution is -0.136. The largest absolute Gasteiger partial charge is 0.466 e. The molecule has 0 fully saturated rings. The molecule has 0 spiro atoms. The Morgan fingerprint density at radius 2 is 1.80 bits per heavy atom. The summed E-state index contributed by atoms with van der Waals surface area (Å²) in [7, 11) is 1.29. The summed E-state index contributed by atoms with van der Waals surface area (Å²) in [4.78, 5) is 27.6. The molecule has 1 aliphatic heterocycles. The minimum Gasteiger partial charge on any atom is -0.466 e. The summed E-state index contributed by atoms with van der Waals surface area (Å²) in [6.45, 7) is 0. The number of nitrogens with zero attached hydrogens (tertiary/aromatic N) is 1. The van der Waals surface area contributed by atoms with E-state index in [9.17, 15) is 14.0 Å². The molecule has 0 aromatic heterocycles. The highest BCUT2D eigenvalue weighted by molar-refractivity contribution is 9.10. The van der Waals surface area contributed by atoms with Gasteiger partial charge in [-0.15, -0.1) is 0 Å². The summed E-state index contributed by atoms with van der Waals surface area (Å²) >= 11 is 3.42. The molecule has 1 aliphatic carbocycles. The van der Waals surface area contributed by atoms with Crippen molar-refractivity contribution in [1.82, 2.24) is 0 Å². The molecule has 30 heavy (non-hydrogen) atoms. The SMILES string of the molecule is COC(=O)C1=C(N)N(c2ccc(F)cc2)C2=C(C(=O)CCC2)[C@@H]1c1ccc(Br)cc1. The van der Waals surface area contributed by atoms with Crippen LogP contribution in [0.2, 0.25) is 0 Å². The number of Topliss-reactive ketones (excluding diaryl/α,β-unsaturated/α-hetero) is 1. The van der Waals surface area contributed by atoms with Crippen LogP contribution in [0.25, 0.3) is 0 Å². The Labute approximate surface area is 182 Å². The van der Waals surface area contributed by atoms with Gasteiger partial charge < -0.3 is 10.5 Å². The first-order valence-electron chi connectivity index (χ1n) is 9.57. The Morgan fingerprint density at radius 3 is 2.43 bits per heavy atom. The van der Waals surface area contributed by atoms with E-state index in [-0.39, 0.29) is 23.0 Å². The third-order valence-corrected chi connectivity index (χ3v) is 6.01. The summed E-state index contributed by atoms with van der Waals surface area (Å²) in [6, 6.07) is 13.3. The topological polar surface area (TPSA) is 72.6 Å². The third kappa shape index (κ3) is 3.43. The van der Waals surface area contributed by atoms with Crippen LogP contribution in [0.1, 0.15) is 30.7 Å². The van der Waals surface area contributed by atoms with Gasteiger partial charge in [0.1, 0.15) is 11.6 Å². The van der Waals surface area contributed by atoms with Gasteiger partial charge >= 0.3 is 5.97 Å². The Balaban J connectivity index is 1.99. The molecule has 0 bridgehead atoms. The number of esters is 1. The van der Waals surface area contributed by atoms with Crippen LogP contribution in [0.5, 0.6) is 0 Å². The number of nitrogens with two attached hydrogens (primary N) is 1. The van der Waals surface area contributed by atoms with E-state index < -0.39 is 11.9 Å². The highest BCUT2D eigenvalue weighted by Gasteiger charge is 2.42. The van der Waals surface area contributed by atoms with Gasteiger partial charge in [-0.25, -0.2) is 9.18 Å². The van der Waals surface area contributed by atoms with Crippen LogP contribution in [0.15, 0.2) is 75.7 Å². The van der Waals surface area contributed by atoms with Crippen LogP contribution in [0.3, 0.4) is 0 Å². The highest BCUT2D eigenvalue weighted by Crippen LogP contribution is 2.46. The molecule has 1 atom stereocenters. The number of rotatable bonds is 3. The van der Waals surface area contributed by atoms with Gasteiger partial charge in [0, 0.05) is 27.9 Å². The van der Waals surface area contributed by atoms with Crippen molar-refractivity contribution < 1.29 is 18.7 Å². The van der Waals surface area contributed by atoms with Gasteiger partial charge in [-0.05, 0) is 54.8 Å². The number of carbonyl (C=O) groups excluding carboxylic acids is 2. The Morgan fingerprint density at radius 1 is 1.13 bits per heavy atom. The number of ketones is 1. The average Bonchev–Trinajstić information content (AvgIpc) is 2.74. The van der Waals surface area contributed by atoms with Crippen molar-refractivity contribution in [3.63, 3.8) is 0 Å². The van der Waals surface area contributed by atoms with Crippen molar-refractivity contribution >= 4 is 33.4 Å². The molecule has 0 radical (unpaired) electrons. The highest BCUT2D eigenvalue weighted by atomic mass is 79.9. The fraction of sp³-hybridized carbons (Fsp3) is 0.217. The number of carbonyl (C=O) groups is 2. The molecule has 2 aromatic carbocycles. The molecule has 0 amide bonds. The lowest BCUT2D eigenvalue weighted by Gasteiger charge is -2.40. The number of allylic oxidation sites excluding steroid dienone is 2. The van der Waals surface area contributed by atoms with Crippen LogP contribution in [0, 0.1) is 5.82 Å². The first-order chi connectivity index (χ1) is 14.4. The fourth-order valence-corrected chi connectivity index (χ4v) is 4.43. The predicted octanol–water partition coefficient (Wildman–Crippen LogP) is 4.54. The van der Waals surface area contributed by atoms with Gasteiger partial charge in [-0.2, -0.15) is 0 Å². The summed E-state index contributed by atoms with van der Waals surface area (Å²) < 4.78 is 19.4. The Kier molecular flexibility index (Phi) is 5.47. The van der Waals surface area contributed by atoms with Crippen molar-refractivity contribution in [2.75, 3.05) is 12.0 Å². The van der Waals surface area contributed by atoms with E-state index in [1.807, 2.05) is 24.3 Å². The van der Waals surface area contributed by atoms with Crippen LogP contribution in [-0.2, 0) is 14.3 Å².